The van der Waals surface area contributed by atoms with Gasteiger partial charge in [-0.1, -0.05) is 19.8 Å². The normalized spacial score (nSPS) is 35.2. The highest BCUT2D eigenvalue weighted by atomic mass is 16.5. The molecule has 0 heterocycles. The summed E-state index contributed by atoms with van der Waals surface area (Å²) in [6.07, 6.45) is 9.97. The zero-order valence-electron chi connectivity index (χ0n) is 10.9. The van der Waals surface area contributed by atoms with Gasteiger partial charge in [0.15, 0.2) is 0 Å². The first-order chi connectivity index (χ1) is 7.83. The number of likely N-dealkylation sites (N-methyl/N-ethyl adjacent to an activating group) is 1. The summed E-state index contributed by atoms with van der Waals surface area (Å²) >= 11 is 0. The molecule has 2 aliphatic rings. The topological polar surface area (TPSA) is 21.3 Å². The standard InChI is InChI=1S/C14H27NO/c1-3-4-11-7-8-13(15-2)14(9-11)16-10-12-5-6-12/h11-15H,3-10H2,1-2H3. The molecule has 1 N–H and O–H groups in total. The van der Waals surface area contributed by atoms with Gasteiger partial charge in [0, 0.05) is 12.6 Å². The van der Waals surface area contributed by atoms with Crippen LogP contribution < -0.4 is 5.32 Å². The third-order valence-electron chi connectivity index (χ3n) is 4.21. The van der Waals surface area contributed by atoms with Crippen molar-refractivity contribution in [3.63, 3.8) is 0 Å². The molecule has 2 rings (SSSR count). The Kier molecular flexibility index (Phi) is 4.66. The molecule has 2 fully saturated rings. The summed E-state index contributed by atoms with van der Waals surface area (Å²) in [6.45, 7) is 3.31. The van der Waals surface area contributed by atoms with Crippen LogP contribution in [0.4, 0.5) is 0 Å². The van der Waals surface area contributed by atoms with Crippen LogP contribution in [0, 0.1) is 11.8 Å². The minimum absolute atomic E-state index is 0.482. The minimum atomic E-state index is 0.482. The Morgan fingerprint density at radius 1 is 1.12 bits per heavy atom. The van der Waals surface area contributed by atoms with E-state index in [0.29, 0.717) is 12.1 Å². The lowest BCUT2D eigenvalue weighted by Crippen LogP contribution is -2.44. The molecule has 0 aromatic carbocycles. The highest BCUT2D eigenvalue weighted by Crippen LogP contribution is 2.33. The molecule has 2 nitrogen and oxygen atoms in total. The van der Waals surface area contributed by atoms with Crippen molar-refractivity contribution in [1.29, 1.82) is 0 Å². The second-order valence-electron chi connectivity index (χ2n) is 5.68. The van der Waals surface area contributed by atoms with Crippen molar-refractivity contribution in [2.45, 2.75) is 64.0 Å². The third-order valence-corrected chi connectivity index (χ3v) is 4.21. The summed E-state index contributed by atoms with van der Waals surface area (Å²) in [6, 6.07) is 0.604. The van der Waals surface area contributed by atoms with Gasteiger partial charge in [0.2, 0.25) is 0 Å². The summed E-state index contributed by atoms with van der Waals surface area (Å²) in [5.74, 6) is 1.81. The average molecular weight is 225 g/mol. The number of nitrogens with one attached hydrogen (secondary N) is 1. The average Bonchev–Trinajstić information content (AvgIpc) is 3.11. The van der Waals surface area contributed by atoms with Gasteiger partial charge in [-0.05, 0) is 51.0 Å². The Bertz CT molecular complexity index is 203. The van der Waals surface area contributed by atoms with E-state index in [-0.39, 0.29) is 0 Å². The molecule has 0 radical (unpaired) electrons. The minimum Gasteiger partial charge on any atom is -0.376 e. The van der Waals surface area contributed by atoms with Gasteiger partial charge in [0.25, 0.3) is 0 Å². The molecular weight excluding hydrogens is 198 g/mol. The Morgan fingerprint density at radius 2 is 1.88 bits per heavy atom. The van der Waals surface area contributed by atoms with Gasteiger partial charge in [-0.15, -0.1) is 0 Å². The molecule has 0 aromatic heterocycles. The van der Waals surface area contributed by atoms with Gasteiger partial charge in [-0.2, -0.15) is 0 Å². The summed E-state index contributed by atoms with van der Waals surface area (Å²) in [5.41, 5.74) is 0. The van der Waals surface area contributed by atoms with Crippen LogP contribution in [-0.4, -0.2) is 25.8 Å². The number of hydrogen-bond donors (Lipinski definition) is 1. The number of ether oxygens (including phenoxy) is 1. The molecule has 2 aliphatic carbocycles. The zero-order chi connectivity index (χ0) is 11.4. The van der Waals surface area contributed by atoms with Gasteiger partial charge in [-0.3, -0.25) is 0 Å². The van der Waals surface area contributed by atoms with Gasteiger partial charge in [-0.25, -0.2) is 0 Å². The fourth-order valence-electron chi connectivity index (χ4n) is 2.94. The summed E-state index contributed by atoms with van der Waals surface area (Å²) < 4.78 is 6.12. The van der Waals surface area contributed by atoms with Gasteiger partial charge in [0.1, 0.15) is 0 Å². The monoisotopic (exact) mass is 225 g/mol. The maximum Gasteiger partial charge on any atom is 0.0730 e. The smallest absolute Gasteiger partial charge is 0.0730 e. The predicted molar refractivity (Wildman–Crippen MR) is 67.6 cm³/mol. The molecule has 94 valence electrons. The van der Waals surface area contributed by atoms with E-state index in [4.69, 9.17) is 4.74 Å². The lowest BCUT2D eigenvalue weighted by Gasteiger charge is -2.36. The predicted octanol–water partition coefficient (Wildman–Crippen LogP) is 2.97. The number of rotatable bonds is 6. The van der Waals surface area contributed by atoms with Crippen molar-refractivity contribution in [2.24, 2.45) is 11.8 Å². The first kappa shape index (κ1) is 12.4. The van der Waals surface area contributed by atoms with Crippen LogP contribution in [0.1, 0.15) is 51.9 Å². The lowest BCUT2D eigenvalue weighted by atomic mass is 9.81. The zero-order valence-corrected chi connectivity index (χ0v) is 10.9. The van der Waals surface area contributed by atoms with Crippen molar-refractivity contribution in [3.05, 3.63) is 0 Å². The Morgan fingerprint density at radius 3 is 2.50 bits per heavy atom. The van der Waals surface area contributed by atoms with Crippen LogP contribution in [-0.2, 0) is 4.74 Å². The largest absolute Gasteiger partial charge is 0.376 e. The summed E-state index contributed by atoms with van der Waals surface area (Å²) in [7, 11) is 2.08. The molecule has 16 heavy (non-hydrogen) atoms. The van der Waals surface area contributed by atoms with E-state index in [9.17, 15) is 0 Å². The second-order valence-corrected chi connectivity index (χ2v) is 5.68. The van der Waals surface area contributed by atoms with Gasteiger partial charge < -0.3 is 10.1 Å². The fourth-order valence-corrected chi connectivity index (χ4v) is 2.94. The molecule has 3 atom stereocenters. The van der Waals surface area contributed by atoms with Crippen LogP contribution in [0.5, 0.6) is 0 Å². The Hall–Kier alpha value is -0.0800. The van der Waals surface area contributed by atoms with Crippen molar-refractivity contribution in [3.8, 4) is 0 Å². The summed E-state index contributed by atoms with van der Waals surface area (Å²) in [4.78, 5) is 0. The molecule has 2 heteroatoms. The first-order valence-corrected chi connectivity index (χ1v) is 7.12. The maximum atomic E-state index is 6.12. The van der Waals surface area contributed by atoms with Crippen molar-refractivity contribution < 1.29 is 4.74 Å². The van der Waals surface area contributed by atoms with Gasteiger partial charge >= 0.3 is 0 Å². The lowest BCUT2D eigenvalue weighted by molar-refractivity contribution is -0.0141. The molecule has 0 aromatic rings. The molecule has 0 amide bonds. The molecule has 0 saturated heterocycles. The third kappa shape index (κ3) is 3.46. The van der Waals surface area contributed by atoms with E-state index in [1.165, 1.54) is 44.9 Å². The summed E-state index contributed by atoms with van der Waals surface area (Å²) in [5, 5.41) is 3.44. The molecular formula is C14H27NO. The van der Waals surface area contributed by atoms with E-state index in [2.05, 4.69) is 19.3 Å². The molecule has 0 spiro atoms. The quantitative estimate of drug-likeness (QED) is 0.750. The van der Waals surface area contributed by atoms with E-state index in [1.54, 1.807) is 0 Å². The molecule has 0 bridgehead atoms. The molecule has 2 saturated carbocycles. The Labute approximate surface area is 100 Å². The van der Waals surface area contributed by atoms with Crippen molar-refractivity contribution in [2.75, 3.05) is 13.7 Å². The SMILES string of the molecule is CCCC1CCC(NC)C(OCC2CC2)C1. The van der Waals surface area contributed by atoms with Crippen molar-refractivity contribution >= 4 is 0 Å². The van der Waals surface area contributed by atoms with Crippen LogP contribution >= 0.6 is 0 Å². The van der Waals surface area contributed by atoms with Crippen LogP contribution in [0.25, 0.3) is 0 Å². The highest BCUT2D eigenvalue weighted by Gasteiger charge is 2.31. The van der Waals surface area contributed by atoms with E-state index >= 15 is 0 Å². The van der Waals surface area contributed by atoms with Crippen molar-refractivity contribution in [1.82, 2.24) is 5.32 Å². The fraction of sp³-hybridized carbons (Fsp3) is 1.00. The van der Waals surface area contributed by atoms with E-state index in [1.807, 2.05) is 0 Å². The van der Waals surface area contributed by atoms with Crippen LogP contribution in [0.2, 0.25) is 0 Å². The van der Waals surface area contributed by atoms with Gasteiger partial charge in [0.05, 0.1) is 6.10 Å². The maximum absolute atomic E-state index is 6.12. The Balaban J connectivity index is 1.77. The molecule has 3 unspecified atom stereocenters. The highest BCUT2D eigenvalue weighted by molar-refractivity contribution is 4.85. The number of hydrogen-bond acceptors (Lipinski definition) is 2. The van der Waals surface area contributed by atoms with E-state index < -0.39 is 0 Å². The second kappa shape index (κ2) is 6.02. The van der Waals surface area contributed by atoms with Crippen LogP contribution in [0.15, 0.2) is 0 Å². The first-order valence-electron chi connectivity index (χ1n) is 7.12. The molecule has 0 aliphatic heterocycles. The van der Waals surface area contributed by atoms with E-state index in [0.717, 1.165) is 18.4 Å². The van der Waals surface area contributed by atoms with Crippen LogP contribution in [0.3, 0.4) is 0 Å².